The first kappa shape index (κ1) is 55.8. The van der Waals surface area contributed by atoms with E-state index in [1.807, 2.05) is 0 Å². The molecule has 1 rings (SSSR count). The zero-order valence-electron chi connectivity index (χ0n) is 26.9. The lowest BCUT2D eigenvalue weighted by atomic mass is 9.99. The highest BCUT2D eigenvalue weighted by atomic mass is 32.3. The molecule has 38 nitrogen and oxygen atoms in total. The Morgan fingerprint density at radius 2 is 0.729 bits per heavy atom. The van der Waals surface area contributed by atoms with Crippen molar-refractivity contribution < 1.29 is 164 Å². The van der Waals surface area contributed by atoms with Gasteiger partial charge in [0.15, 0.2) is 12.4 Å². The summed E-state index contributed by atoms with van der Waals surface area (Å²) in [5.74, 6) is 0. The lowest BCUT2D eigenvalue weighted by Crippen LogP contribution is -2.63. The molecule has 0 unspecified atom stereocenters. The van der Waals surface area contributed by atoms with Gasteiger partial charge < -0.3 is 9.47 Å². The third-order valence-electron chi connectivity index (χ3n) is 5.49. The highest BCUT2D eigenvalue weighted by Gasteiger charge is 2.55. The molecule has 1 saturated heterocycles. The Morgan fingerprint density at radius 3 is 1.07 bits per heavy atom. The van der Waals surface area contributed by atoms with Crippen LogP contribution < -0.4 is 0 Å². The van der Waals surface area contributed by atoms with Gasteiger partial charge in [-0.15, -0.1) is 0 Å². The van der Waals surface area contributed by atoms with Gasteiger partial charge in [-0.25, -0.2) is 37.6 Å². The maximum atomic E-state index is 11.8. The second-order valence-corrected chi connectivity index (χ2v) is 19.4. The van der Waals surface area contributed by atoms with Crippen molar-refractivity contribution in [3.8, 4) is 0 Å². The molecule has 1 aliphatic heterocycles. The van der Waals surface area contributed by atoms with E-state index in [1.165, 1.54) is 0 Å². The Morgan fingerprint density at radius 1 is 0.390 bits per heavy atom. The topological polar surface area (TPSA) is 591 Å². The molecule has 354 valence electrons. The van der Waals surface area contributed by atoms with Crippen LogP contribution in [0.5, 0.6) is 0 Å². The van der Waals surface area contributed by atoms with Crippen molar-refractivity contribution in [2.45, 2.75) is 55.1 Å². The van der Waals surface area contributed by atoms with Crippen molar-refractivity contribution in [2.75, 3.05) is 19.8 Å². The molecular formula is C12H24O38S9. The van der Waals surface area contributed by atoms with Crippen LogP contribution in [0, 0.1) is 0 Å². The van der Waals surface area contributed by atoms with Crippen LogP contribution in [-0.2, 0) is 141 Å². The van der Waals surface area contributed by atoms with Crippen molar-refractivity contribution in [1.82, 2.24) is 0 Å². The van der Waals surface area contributed by atoms with Gasteiger partial charge in [0, 0.05) is 0 Å². The summed E-state index contributed by atoms with van der Waals surface area (Å²) in [6, 6.07) is 0. The van der Waals surface area contributed by atoms with E-state index < -0.39 is 169 Å². The van der Waals surface area contributed by atoms with Gasteiger partial charge in [-0.3, -0.25) is 41.0 Å². The van der Waals surface area contributed by atoms with E-state index in [0.717, 1.165) is 0 Å². The fourth-order valence-electron chi connectivity index (χ4n) is 4.00. The van der Waals surface area contributed by atoms with Crippen molar-refractivity contribution >= 4 is 93.6 Å². The summed E-state index contributed by atoms with van der Waals surface area (Å²) in [5.41, 5.74) is 0. The van der Waals surface area contributed by atoms with Crippen molar-refractivity contribution in [1.29, 1.82) is 0 Å². The first-order valence-corrected chi connectivity index (χ1v) is 25.2. The summed E-state index contributed by atoms with van der Waals surface area (Å²) < 4.78 is 336. The minimum Gasteiger partial charge on any atom is -0.347 e. The number of hydrogen-bond acceptors (Lipinski definition) is 29. The zero-order valence-corrected chi connectivity index (χ0v) is 34.2. The van der Waals surface area contributed by atoms with Gasteiger partial charge in [0.1, 0.15) is 42.7 Å². The molecule has 0 aliphatic carbocycles. The number of hydrogen-bond donors (Lipinski definition) is 9. The fraction of sp³-hybridized carbons (Fsp3) is 1.00. The van der Waals surface area contributed by atoms with Crippen LogP contribution in [0.2, 0.25) is 0 Å². The molecule has 0 radical (unpaired) electrons. The van der Waals surface area contributed by atoms with Crippen LogP contribution in [0.3, 0.4) is 0 Å². The second kappa shape index (κ2) is 20.1. The molecule has 9 atom stereocenters. The molecule has 1 fully saturated rings. The summed E-state index contributed by atoms with van der Waals surface area (Å²) in [7, 11) is -55.4. The van der Waals surface area contributed by atoms with Crippen LogP contribution in [0.1, 0.15) is 0 Å². The lowest BCUT2D eigenvalue weighted by molar-refractivity contribution is -0.292. The molecular weight excluding hydrogens is 1040 g/mol. The summed E-state index contributed by atoms with van der Waals surface area (Å²) in [4.78, 5) is 0. The van der Waals surface area contributed by atoms with Gasteiger partial charge in [0.05, 0.1) is 19.8 Å². The minimum atomic E-state index is -6.43. The molecule has 1 heterocycles. The van der Waals surface area contributed by atoms with Gasteiger partial charge in [-0.1, -0.05) is 0 Å². The van der Waals surface area contributed by atoms with Gasteiger partial charge in [-0.05, 0) is 0 Å². The SMILES string of the molecule is O=S(=O)(O)OC[C@H](OS(=O)(=O)O)[C@H](OS(=O)(=O)O)[C@@H](OS(=O)(=O)O)[C@@H](CO[C@@H]1O[C@H](COS(=O)(=O)O)[C@@H](OS(=O)(=O)O)[C@@H](OS(=O)(=O)O)[C@@H]1OS(=O)(=O)O)OS(=O)(=O)O. The van der Waals surface area contributed by atoms with E-state index in [-0.39, 0.29) is 0 Å². The molecule has 1 aliphatic rings. The van der Waals surface area contributed by atoms with Gasteiger partial charge >= 0.3 is 93.6 Å². The maximum absolute atomic E-state index is 11.8. The third kappa shape index (κ3) is 24.8. The Kier molecular flexibility index (Phi) is 19.0. The molecule has 0 aromatic carbocycles. The molecule has 0 amide bonds. The first-order chi connectivity index (χ1) is 25.8. The molecule has 0 saturated carbocycles. The molecule has 0 spiro atoms. The van der Waals surface area contributed by atoms with E-state index in [9.17, 15) is 103 Å². The summed E-state index contributed by atoms with van der Waals surface area (Å²) in [6.45, 7) is -6.58. The van der Waals surface area contributed by atoms with Crippen molar-refractivity contribution in [2.24, 2.45) is 0 Å². The Balaban J connectivity index is 4.25. The Labute approximate surface area is 331 Å². The summed E-state index contributed by atoms with van der Waals surface area (Å²) >= 11 is 0. The third-order valence-corrected chi connectivity index (χ3v) is 9.66. The smallest absolute Gasteiger partial charge is 0.347 e. The average molecular weight is 1060 g/mol. The average Bonchev–Trinajstić information content (AvgIpc) is 2.92. The maximum Gasteiger partial charge on any atom is 0.397 e. The largest absolute Gasteiger partial charge is 0.397 e. The zero-order chi connectivity index (χ0) is 46.6. The van der Waals surface area contributed by atoms with Crippen LogP contribution in [0.15, 0.2) is 0 Å². The highest BCUT2D eigenvalue weighted by Crippen LogP contribution is 2.33. The summed E-state index contributed by atoms with van der Waals surface area (Å²) in [6.07, 6.45) is -30.7. The molecule has 9 N–H and O–H groups in total. The number of rotatable bonds is 26. The monoisotopic (exact) mass is 1060 g/mol. The quantitative estimate of drug-likeness (QED) is 0.0363. The standard InChI is InChI=1S/C12H24O38S9/c13-51(14,15)41-2-4-7(46-55(25,26)27)10(49-58(34,35)36)11(50-59(37,38)39)12(43-4)40-1-5(44-53(19,20)21)8(47-56(28,29)30)9(48-57(31,32)33)6(45-54(22,23)24)3-42-52(16,17)18/h4-12H,1-3H2,(H,13,14,15)(H,16,17,18)(H,19,20,21)(H,22,23,24)(H,25,26,27)(H,28,29,30)(H,31,32,33)(H,34,35,36)(H,37,38,39)/t4-,5-,6+,7-,8+,9+,10-,11+,12-/m1/s1. The molecule has 0 aromatic heterocycles. The molecule has 59 heavy (non-hydrogen) atoms. The van der Waals surface area contributed by atoms with Crippen LogP contribution in [0.25, 0.3) is 0 Å². The fourth-order valence-corrected chi connectivity index (χ4v) is 8.09. The predicted octanol–water partition coefficient (Wildman–Crippen LogP) is -7.32. The molecule has 0 aromatic rings. The summed E-state index contributed by atoms with van der Waals surface area (Å²) in [5, 5.41) is 0. The van der Waals surface area contributed by atoms with Gasteiger partial charge in [0.2, 0.25) is 0 Å². The van der Waals surface area contributed by atoms with Crippen LogP contribution >= 0.6 is 0 Å². The molecule has 47 heteroatoms. The van der Waals surface area contributed by atoms with Crippen molar-refractivity contribution in [3.63, 3.8) is 0 Å². The van der Waals surface area contributed by atoms with Gasteiger partial charge in [-0.2, -0.15) is 75.8 Å². The minimum absolute atomic E-state index is 1.95. The van der Waals surface area contributed by atoms with E-state index in [0.29, 0.717) is 0 Å². The Bertz CT molecular complexity index is 2470. The normalized spacial score (nSPS) is 24.3. The van der Waals surface area contributed by atoms with Crippen LogP contribution in [0.4, 0.5) is 0 Å². The first-order valence-electron chi connectivity index (χ1n) is 12.9. The van der Waals surface area contributed by atoms with Crippen LogP contribution in [-0.4, -0.2) is 192 Å². The van der Waals surface area contributed by atoms with E-state index in [2.05, 4.69) is 37.6 Å². The second-order valence-electron chi connectivity index (χ2n) is 9.87. The molecule has 0 bridgehead atoms. The Hall–Kier alpha value is -1.25. The van der Waals surface area contributed by atoms with E-state index in [1.54, 1.807) is 0 Å². The van der Waals surface area contributed by atoms with Crippen molar-refractivity contribution in [3.05, 3.63) is 0 Å². The highest BCUT2D eigenvalue weighted by molar-refractivity contribution is 7.82. The van der Waals surface area contributed by atoms with E-state index >= 15 is 0 Å². The lowest BCUT2D eigenvalue weighted by Gasteiger charge is -2.43. The van der Waals surface area contributed by atoms with E-state index in [4.69, 9.17) is 23.1 Å². The predicted molar refractivity (Wildman–Crippen MR) is 165 cm³/mol. The number of ether oxygens (including phenoxy) is 2. The van der Waals surface area contributed by atoms with Gasteiger partial charge in [0.25, 0.3) is 0 Å².